The maximum Gasteiger partial charge on any atom is 0.387 e. The maximum atomic E-state index is 13.8. The Hall–Kier alpha value is -4.38. The second-order valence-electron chi connectivity index (χ2n) is 8.21. The molecule has 0 spiro atoms. The Kier molecular flexibility index (Phi) is 6.53. The number of fused-ring (bicyclic) bond motifs is 2. The number of alkyl halides is 2. The van der Waals surface area contributed by atoms with Gasteiger partial charge in [0.15, 0.2) is 5.65 Å². The first-order chi connectivity index (χ1) is 17.9. The Bertz CT molecular complexity index is 1650. The SMILES string of the molecule is CCOc1ncc2nc(-c3ccc4c(c3)cc(CCO)n4C)c(=O)n(-c3ccc(OC(F)F)cc3)c2n1. The molecule has 0 bridgehead atoms. The summed E-state index contributed by atoms with van der Waals surface area (Å²) in [6, 6.07) is 13.3. The zero-order valence-electron chi connectivity index (χ0n) is 20.1. The first kappa shape index (κ1) is 24.3. The van der Waals surface area contributed by atoms with Crippen molar-refractivity contribution in [2.24, 2.45) is 7.05 Å². The molecule has 9 nitrogen and oxygen atoms in total. The smallest absolute Gasteiger partial charge is 0.387 e. The molecule has 1 N–H and O–H groups in total. The van der Waals surface area contributed by atoms with Crippen LogP contribution < -0.4 is 15.0 Å². The predicted octanol–water partition coefficient (Wildman–Crippen LogP) is 3.87. The van der Waals surface area contributed by atoms with Gasteiger partial charge in [-0.2, -0.15) is 13.8 Å². The van der Waals surface area contributed by atoms with Crippen LogP contribution >= 0.6 is 0 Å². The van der Waals surface area contributed by atoms with Gasteiger partial charge in [0, 0.05) is 42.2 Å². The Labute approximate surface area is 209 Å². The first-order valence-corrected chi connectivity index (χ1v) is 11.6. The normalized spacial score (nSPS) is 11.5. The van der Waals surface area contributed by atoms with Crippen molar-refractivity contribution in [3.8, 4) is 28.7 Å². The van der Waals surface area contributed by atoms with Crippen LogP contribution in [0.15, 0.2) is 59.5 Å². The molecule has 190 valence electrons. The quantitative estimate of drug-likeness (QED) is 0.340. The van der Waals surface area contributed by atoms with Crippen LogP contribution in [0.4, 0.5) is 8.78 Å². The van der Waals surface area contributed by atoms with Gasteiger partial charge in [0.25, 0.3) is 5.56 Å². The van der Waals surface area contributed by atoms with Gasteiger partial charge in [0.1, 0.15) is 17.0 Å². The highest BCUT2D eigenvalue weighted by Crippen LogP contribution is 2.27. The summed E-state index contributed by atoms with van der Waals surface area (Å²) in [6.45, 7) is -0.820. The highest BCUT2D eigenvalue weighted by molar-refractivity contribution is 5.87. The highest BCUT2D eigenvalue weighted by Gasteiger charge is 2.18. The summed E-state index contributed by atoms with van der Waals surface area (Å²) in [6.07, 6.45) is 1.98. The van der Waals surface area contributed by atoms with E-state index in [4.69, 9.17) is 4.74 Å². The number of aromatic nitrogens is 5. The molecule has 5 rings (SSSR count). The molecule has 11 heteroatoms. The van der Waals surface area contributed by atoms with Crippen LogP contribution in [0.3, 0.4) is 0 Å². The third-order valence-electron chi connectivity index (χ3n) is 5.95. The molecule has 5 aromatic rings. The minimum Gasteiger partial charge on any atom is -0.464 e. The molecule has 0 aliphatic carbocycles. The van der Waals surface area contributed by atoms with Crippen molar-refractivity contribution < 1.29 is 23.4 Å². The molecule has 0 saturated carbocycles. The molecule has 2 aromatic carbocycles. The number of aliphatic hydroxyl groups is 1. The molecule has 0 amide bonds. The Morgan fingerprint density at radius 3 is 2.57 bits per heavy atom. The highest BCUT2D eigenvalue weighted by atomic mass is 19.3. The lowest BCUT2D eigenvalue weighted by Gasteiger charge is -2.13. The Balaban J connectivity index is 1.71. The second-order valence-corrected chi connectivity index (χ2v) is 8.21. The number of halogens is 2. The van der Waals surface area contributed by atoms with E-state index in [9.17, 15) is 18.7 Å². The minimum absolute atomic E-state index is 0.0266. The number of nitrogens with zero attached hydrogens (tertiary/aromatic N) is 5. The standard InChI is InChI=1S/C26H23F2N5O4/c1-3-36-26-29-14-20-23(31-26)33(17-5-7-19(8-6-17)37-25(27)28)24(35)22(30-20)15-4-9-21-16(12-15)13-18(10-11-34)32(21)2/h4-9,12-14,25,34H,3,10-11H2,1-2H3. The van der Waals surface area contributed by atoms with E-state index in [1.165, 1.54) is 35.0 Å². The van der Waals surface area contributed by atoms with Gasteiger partial charge in [0.2, 0.25) is 0 Å². The number of rotatable bonds is 8. The molecular weight excluding hydrogens is 484 g/mol. The van der Waals surface area contributed by atoms with E-state index in [0.29, 0.717) is 29.8 Å². The Morgan fingerprint density at radius 1 is 1.08 bits per heavy atom. The molecule has 0 aliphatic heterocycles. The van der Waals surface area contributed by atoms with Crippen molar-refractivity contribution in [2.75, 3.05) is 13.2 Å². The van der Waals surface area contributed by atoms with Gasteiger partial charge in [-0.15, -0.1) is 0 Å². The lowest BCUT2D eigenvalue weighted by atomic mass is 10.1. The van der Waals surface area contributed by atoms with Crippen molar-refractivity contribution in [3.05, 3.63) is 70.8 Å². The molecule has 0 saturated heterocycles. The van der Waals surface area contributed by atoms with E-state index < -0.39 is 12.2 Å². The summed E-state index contributed by atoms with van der Waals surface area (Å²) in [5, 5.41) is 10.3. The van der Waals surface area contributed by atoms with Gasteiger partial charge in [-0.05, 0) is 49.4 Å². The van der Waals surface area contributed by atoms with Crippen LogP contribution in [-0.4, -0.2) is 49.0 Å². The second kappa shape index (κ2) is 9.94. The van der Waals surface area contributed by atoms with Crippen LogP contribution in [0.2, 0.25) is 0 Å². The maximum absolute atomic E-state index is 13.8. The lowest BCUT2D eigenvalue weighted by molar-refractivity contribution is -0.0498. The van der Waals surface area contributed by atoms with Gasteiger partial charge in [-0.3, -0.25) is 9.36 Å². The molecule has 0 atom stereocenters. The molecule has 37 heavy (non-hydrogen) atoms. The molecule has 3 aromatic heterocycles. The van der Waals surface area contributed by atoms with Gasteiger partial charge < -0.3 is 19.1 Å². The van der Waals surface area contributed by atoms with Gasteiger partial charge >= 0.3 is 12.6 Å². The van der Waals surface area contributed by atoms with E-state index in [2.05, 4.69) is 19.7 Å². The van der Waals surface area contributed by atoms with Crippen molar-refractivity contribution in [3.63, 3.8) is 0 Å². The average Bonchev–Trinajstić information content (AvgIpc) is 3.19. The number of hydrogen-bond donors (Lipinski definition) is 1. The lowest BCUT2D eigenvalue weighted by Crippen LogP contribution is -2.23. The van der Waals surface area contributed by atoms with E-state index >= 15 is 0 Å². The largest absolute Gasteiger partial charge is 0.464 e. The van der Waals surface area contributed by atoms with Crippen molar-refractivity contribution >= 4 is 22.1 Å². The topological polar surface area (TPSA) is 104 Å². The summed E-state index contributed by atoms with van der Waals surface area (Å²) in [7, 11) is 1.92. The fourth-order valence-corrected chi connectivity index (χ4v) is 4.28. The van der Waals surface area contributed by atoms with Gasteiger partial charge in [-0.25, -0.2) is 9.97 Å². The summed E-state index contributed by atoms with van der Waals surface area (Å²) in [5.41, 5.74) is 3.15. The van der Waals surface area contributed by atoms with Crippen molar-refractivity contribution in [1.82, 2.24) is 24.1 Å². The average molecular weight is 507 g/mol. The molecule has 0 fully saturated rings. The summed E-state index contributed by atoms with van der Waals surface area (Å²) in [4.78, 5) is 27.0. The van der Waals surface area contributed by atoms with Crippen molar-refractivity contribution in [1.29, 1.82) is 0 Å². The van der Waals surface area contributed by atoms with Crippen LogP contribution in [0.25, 0.3) is 39.0 Å². The van der Waals surface area contributed by atoms with Crippen molar-refractivity contribution in [2.45, 2.75) is 20.0 Å². The molecule has 0 radical (unpaired) electrons. The summed E-state index contributed by atoms with van der Waals surface area (Å²) < 4.78 is 38.4. The predicted molar refractivity (Wildman–Crippen MR) is 133 cm³/mol. The van der Waals surface area contributed by atoms with E-state index in [0.717, 1.165) is 16.6 Å². The monoisotopic (exact) mass is 507 g/mol. The molecule has 3 heterocycles. The third-order valence-corrected chi connectivity index (χ3v) is 5.95. The number of benzene rings is 2. The fraction of sp³-hybridized carbons (Fsp3) is 0.231. The fourth-order valence-electron chi connectivity index (χ4n) is 4.28. The van der Waals surface area contributed by atoms with Crippen LogP contribution in [0.1, 0.15) is 12.6 Å². The number of aryl methyl sites for hydroxylation is 1. The zero-order chi connectivity index (χ0) is 26.1. The molecular formula is C26H23F2N5O4. The molecule has 0 unspecified atom stereocenters. The third kappa shape index (κ3) is 4.60. The van der Waals surface area contributed by atoms with Crippen LogP contribution in [0, 0.1) is 0 Å². The van der Waals surface area contributed by atoms with Gasteiger partial charge in [0.05, 0.1) is 18.5 Å². The van der Waals surface area contributed by atoms with Crippen LogP contribution in [-0.2, 0) is 13.5 Å². The Morgan fingerprint density at radius 2 is 1.86 bits per heavy atom. The van der Waals surface area contributed by atoms with E-state index in [-0.39, 0.29) is 29.7 Å². The van der Waals surface area contributed by atoms with E-state index in [1.54, 1.807) is 13.0 Å². The first-order valence-electron chi connectivity index (χ1n) is 11.6. The summed E-state index contributed by atoms with van der Waals surface area (Å²) in [5.74, 6) is -0.0387. The zero-order valence-corrected chi connectivity index (χ0v) is 20.1. The van der Waals surface area contributed by atoms with Crippen LogP contribution in [0.5, 0.6) is 11.8 Å². The number of hydrogen-bond acceptors (Lipinski definition) is 7. The molecule has 0 aliphatic rings. The van der Waals surface area contributed by atoms with Gasteiger partial charge in [-0.1, -0.05) is 6.07 Å². The minimum atomic E-state index is -2.96. The number of aliphatic hydroxyl groups excluding tert-OH is 1. The van der Waals surface area contributed by atoms with E-state index in [1.807, 2.05) is 29.8 Å². The summed E-state index contributed by atoms with van der Waals surface area (Å²) >= 11 is 0. The number of ether oxygens (including phenoxy) is 2.